The Balaban J connectivity index is 1.27. The van der Waals surface area contributed by atoms with Crippen molar-refractivity contribution in [2.45, 2.75) is 24.8 Å². The van der Waals surface area contributed by atoms with Crippen molar-refractivity contribution in [1.29, 1.82) is 0 Å². The zero-order chi connectivity index (χ0) is 31.6. The van der Waals surface area contributed by atoms with Crippen LogP contribution in [0.4, 0.5) is 11.4 Å². The van der Waals surface area contributed by atoms with Crippen LogP contribution in [0, 0.1) is 6.92 Å². The second-order valence-corrected chi connectivity index (χ2v) is 12.7. The number of amides is 1. The molecule has 1 fully saturated rings. The van der Waals surface area contributed by atoms with E-state index in [-0.39, 0.29) is 34.3 Å². The number of para-hydroxylation sites is 2. The number of benzene rings is 3. The second kappa shape index (κ2) is 12.7. The summed E-state index contributed by atoms with van der Waals surface area (Å²) in [6.45, 7) is 4.58. The molecular formula is C31H32ClN5O6S. The van der Waals surface area contributed by atoms with Crippen LogP contribution in [0.2, 0.25) is 5.02 Å². The van der Waals surface area contributed by atoms with E-state index in [9.17, 15) is 22.8 Å². The van der Waals surface area contributed by atoms with E-state index >= 15 is 0 Å². The highest BCUT2D eigenvalue weighted by molar-refractivity contribution is 7.89. The Bertz CT molecular complexity index is 1850. The van der Waals surface area contributed by atoms with Crippen molar-refractivity contribution in [3.8, 4) is 5.69 Å². The van der Waals surface area contributed by atoms with Gasteiger partial charge in [0.1, 0.15) is 5.69 Å². The van der Waals surface area contributed by atoms with E-state index in [0.29, 0.717) is 24.5 Å². The Morgan fingerprint density at radius 3 is 2.11 bits per heavy atom. The van der Waals surface area contributed by atoms with Crippen LogP contribution in [0.15, 0.2) is 88.6 Å². The third kappa shape index (κ3) is 6.14. The maximum Gasteiger partial charge on any atom is 0.340 e. The molecule has 1 aliphatic heterocycles. The van der Waals surface area contributed by atoms with Gasteiger partial charge in [0.25, 0.3) is 11.5 Å². The number of sulfonamides is 1. The lowest BCUT2D eigenvalue weighted by Gasteiger charge is -2.35. The third-order valence-electron chi connectivity index (χ3n) is 7.61. The minimum absolute atomic E-state index is 0.0277. The Kier molecular flexibility index (Phi) is 8.95. The van der Waals surface area contributed by atoms with Crippen molar-refractivity contribution in [2.75, 3.05) is 36.4 Å². The van der Waals surface area contributed by atoms with Gasteiger partial charge in [0.15, 0.2) is 6.10 Å². The van der Waals surface area contributed by atoms with E-state index in [1.807, 2.05) is 36.4 Å². The monoisotopic (exact) mass is 637 g/mol. The van der Waals surface area contributed by atoms with E-state index < -0.39 is 33.6 Å². The number of hydrogen-bond acceptors (Lipinski definition) is 7. The summed E-state index contributed by atoms with van der Waals surface area (Å²) in [6, 6.07) is 22.5. The fraction of sp³-hybridized carbons (Fsp3) is 0.258. The molecule has 0 aliphatic carbocycles. The van der Waals surface area contributed by atoms with Crippen LogP contribution in [0.3, 0.4) is 0 Å². The van der Waals surface area contributed by atoms with Gasteiger partial charge < -0.3 is 15.0 Å². The van der Waals surface area contributed by atoms with Gasteiger partial charge in [0.05, 0.1) is 26.9 Å². The molecule has 0 saturated carbocycles. The lowest BCUT2D eigenvalue weighted by Crippen LogP contribution is -2.48. The predicted molar refractivity (Wildman–Crippen MR) is 168 cm³/mol. The van der Waals surface area contributed by atoms with E-state index in [1.54, 1.807) is 42.9 Å². The molecule has 4 aromatic rings. The number of ether oxygens (including phenoxy) is 1. The number of carbonyl (C=O) groups is 2. The summed E-state index contributed by atoms with van der Waals surface area (Å²) in [5, 5.41) is 2.54. The first-order chi connectivity index (χ1) is 21.0. The van der Waals surface area contributed by atoms with Gasteiger partial charge in [-0.2, -0.15) is 4.31 Å². The number of nitrogens with one attached hydrogen (secondary N) is 1. The molecule has 44 heavy (non-hydrogen) atoms. The van der Waals surface area contributed by atoms with Gasteiger partial charge in [-0.1, -0.05) is 48.0 Å². The summed E-state index contributed by atoms with van der Waals surface area (Å²) < 4.78 is 36.7. The summed E-state index contributed by atoms with van der Waals surface area (Å²) in [5.41, 5.74) is 1.53. The number of anilines is 2. The molecule has 5 rings (SSSR count). The smallest absolute Gasteiger partial charge is 0.340 e. The van der Waals surface area contributed by atoms with Crippen LogP contribution < -0.4 is 15.8 Å². The first-order valence-electron chi connectivity index (χ1n) is 13.9. The summed E-state index contributed by atoms with van der Waals surface area (Å²) in [6.07, 6.45) is -1.32. The van der Waals surface area contributed by atoms with Gasteiger partial charge in [0.2, 0.25) is 10.0 Å². The van der Waals surface area contributed by atoms with Crippen molar-refractivity contribution in [2.24, 2.45) is 7.05 Å². The zero-order valence-corrected chi connectivity index (χ0v) is 26.0. The van der Waals surface area contributed by atoms with Crippen LogP contribution in [0.1, 0.15) is 23.0 Å². The van der Waals surface area contributed by atoms with Gasteiger partial charge >= 0.3 is 5.97 Å². The highest BCUT2D eigenvalue weighted by Gasteiger charge is 2.31. The number of rotatable bonds is 8. The molecule has 1 aliphatic rings. The molecule has 1 unspecified atom stereocenters. The van der Waals surface area contributed by atoms with Crippen LogP contribution in [-0.2, 0) is 26.6 Å². The molecule has 0 bridgehead atoms. The Labute approximate surface area is 260 Å². The number of carbonyl (C=O) groups excluding carboxylic acids is 2. The predicted octanol–water partition coefficient (Wildman–Crippen LogP) is 3.83. The summed E-state index contributed by atoms with van der Waals surface area (Å²) >= 11 is 6.26. The van der Waals surface area contributed by atoms with E-state index in [4.69, 9.17) is 16.3 Å². The molecule has 230 valence electrons. The fourth-order valence-electron chi connectivity index (χ4n) is 5.01. The van der Waals surface area contributed by atoms with E-state index in [0.717, 1.165) is 11.8 Å². The van der Waals surface area contributed by atoms with Crippen molar-refractivity contribution in [3.63, 3.8) is 0 Å². The maximum atomic E-state index is 13.5. The van der Waals surface area contributed by atoms with Crippen molar-refractivity contribution < 1.29 is 22.7 Å². The largest absolute Gasteiger partial charge is 0.449 e. The number of aromatic nitrogens is 2. The Hall–Kier alpha value is -4.39. The van der Waals surface area contributed by atoms with Crippen LogP contribution in [0.25, 0.3) is 5.69 Å². The Morgan fingerprint density at radius 2 is 1.50 bits per heavy atom. The molecule has 1 atom stereocenters. The highest BCUT2D eigenvalue weighted by Crippen LogP contribution is 2.26. The number of esters is 1. The third-order valence-corrected chi connectivity index (χ3v) is 9.84. The average molecular weight is 638 g/mol. The minimum Gasteiger partial charge on any atom is -0.449 e. The van der Waals surface area contributed by atoms with E-state index in [2.05, 4.69) is 10.2 Å². The van der Waals surface area contributed by atoms with Gasteiger partial charge in [0, 0.05) is 38.9 Å². The molecule has 1 saturated heterocycles. The van der Waals surface area contributed by atoms with Crippen molar-refractivity contribution in [1.82, 2.24) is 13.7 Å². The molecular weight excluding hydrogens is 606 g/mol. The van der Waals surface area contributed by atoms with Crippen molar-refractivity contribution in [3.05, 3.63) is 105 Å². The van der Waals surface area contributed by atoms with Crippen LogP contribution >= 0.6 is 11.6 Å². The molecule has 1 amide bonds. The van der Waals surface area contributed by atoms with Crippen molar-refractivity contribution >= 4 is 44.9 Å². The molecule has 3 aromatic carbocycles. The fourth-order valence-corrected chi connectivity index (χ4v) is 6.65. The normalized spacial score (nSPS) is 14.7. The summed E-state index contributed by atoms with van der Waals surface area (Å²) in [7, 11) is -2.25. The lowest BCUT2D eigenvalue weighted by atomic mass is 10.2. The molecule has 0 radical (unpaired) electrons. The topological polar surface area (TPSA) is 123 Å². The Morgan fingerprint density at radius 1 is 0.909 bits per heavy atom. The van der Waals surface area contributed by atoms with Gasteiger partial charge in [-0.3, -0.25) is 14.3 Å². The maximum absolute atomic E-state index is 13.5. The standard InChI is InChI=1S/C31H32ClN5O6S/c1-21-28(30(39)37(34(21)3)24-12-8-5-9-13-24)33-29(38)22(2)43-31(40)26-20-25(14-15-27(26)32)44(41,42)36-18-16-35(17-19-36)23-10-6-4-7-11-23/h4-15,20,22H,16-19H2,1-3H3,(H,33,38). The minimum atomic E-state index is -3.94. The van der Waals surface area contributed by atoms with E-state index in [1.165, 1.54) is 28.0 Å². The zero-order valence-electron chi connectivity index (χ0n) is 24.4. The lowest BCUT2D eigenvalue weighted by molar-refractivity contribution is -0.123. The number of halogens is 1. The summed E-state index contributed by atoms with van der Waals surface area (Å²) in [5.74, 6) is -1.71. The molecule has 11 nitrogen and oxygen atoms in total. The van der Waals surface area contributed by atoms with Gasteiger partial charge in [-0.25, -0.2) is 17.9 Å². The molecule has 0 spiro atoms. The highest BCUT2D eigenvalue weighted by atomic mass is 35.5. The van der Waals surface area contributed by atoms with Gasteiger partial charge in [-0.05, 0) is 56.3 Å². The molecule has 2 heterocycles. The number of hydrogen-bond donors (Lipinski definition) is 1. The number of piperazine rings is 1. The van der Waals surface area contributed by atoms with Gasteiger partial charge in [-0.15, -0.1) is 0 Å². The number of nitrogens with zero attached hydrogens (tertiary/aromatic N) is 4. The van der Waals surface area contributed by atoms with Crippen LogP contribution in [0.5, 0.6) is 0 Å². The first-order valence-corrected chi connectivity index (χ1v) is 15.8. The first kappa shape index (κ1) is 31.0. The van der Waals surface area contributed by atoms with Crippen LogP contribution in [-0.4, -0.2) is 66.2 Å². The SMILES string of the molecule is Cc1c(NC(=O)C(C)OC(=O)c2cc(S(=O)(=O)N3CCN(c4ccccc4)CC3)ccc2Cl)c(=O)n(-c2ccccc2)n1C. The molecule has 1 aromatic heterocycles. The molecule has 13 heteroatoms. The molecule has 1 N–H and O–H groups in total. The second-order valence-electron chi connectivity index (χ2n) is 10.3. The summed E-state index contributed by atoms with van der Waals surface area (Å²) in [4.78, 5) is 41.2. The average Bonchev–Trinajstić information content (AvgIpc) is 3.24. The quantitative estimate of drug-likeness (QED) is 0.291.